The van der Waals surface area contributed by atoms with Gasteiger partial charge in [-0.05, 0) is 36.6 Å². The molecular weight excluding hydrogens is 305 g/mol. The first-order valence-electron chi connectivity index (χ1n) is 6.86. The second-order valence-corrected chi connectivity index (χ2v) is 5.70. The molecular formula is C17H17Cl2NO. The van der Waals surface area contributed by atoms with Crippen molar-refractivity contribution in [2.45, 2.75) is 26.3 Å². The van der Waals surface area contributed by atoms with Gasteiger partial charge in [-0.1, -0.05) is 60.5 Å². The Morgan fingerprint density at radius 1 is 1.10 bits per heavy atom. The molecule has 1 amide bonds. The minimum Gasteiger partial charge on any atom is -0.345 e. The molecule has 0 bridgehead atoms. The average molecular weight is 322 g/mol. The molecule has 2 aromatic carbocycles. The summed E-state index contributed by atoms with van der Waals surface area (Å²) < 4.78 is 0. The molecule has 0 saturated carbocycles. The number of benzene rings is 2. The van der Waals surface area contributed by atoms with Gasteiger partial charge in [-0.2, -0.15) is 0 Å². The Hall–Kier alpha value is -1.51. The van der Waals surface area contributed by atoms with Gasteiger partial charge in [0.15, 0.2) is 0 Å². The van der Waals surface area contributed by atoms with E-state index < -0.39 is 0 Å². The Bertz CT molecular complexity index is 617. The van der Waals surface area contributed by atoms with Crippen LogP contribution in [-0.2, 0) is 6.42 Å². The smallest absolute Gasteiger partial charge is 0.254 e. The first-order chi connectivity index (χ1) is 10.0. The number of halogens is 2. The molecule has 0 fully saturated rings. The van der Waals surface area contributed by atoms with E-state index in [-0.39, 0.29) is 11.9 Å². The van der Waals surface area contributed by atoms with Crippen molar-refractivity contribution in [3.63, 3.8) is 0 Å². The standard InChI is InChI=1S/C17H17Cl2NO/c1-3-12-7-9-13(10-8-12)11(2)20-17(21)16-14(18)5-4-6-15(16)19/h4-11H,3H2,1-2H3,(H,20,21). The summed E-state index contributed by atoms with van der Waals surface area (Å²) in [5.41, 5.74) is 2.63. The summed E-state index contributed by atoms with van der Waals surface area (Å²) in [6.45, 7) is 4.04. The second-order valence-electron chi connectivity index (χ2n) is 4.89. The molecule has 2 rings (SSSR count). The van der Waals surface area contributed by atoms with Gasteiger partial charge in [0.05, 0.1) is 21.7 Å². The minimum atomic E-state index is -0.266. The summed E-state index contributed by atoms with van der Waals surface area (Å²) in [6.07, 6.45) is 0.996. The van der Waals surface area contributed by atoms with Gasteiger partial charge in [0.2, 0.25) is 0 Å². The molecule has 1 atom stereocenters. The monoisotopic (exact) mass is 321 g/mol. The average Bonchev–Trinajstić information content (AvgIpc) is 2.47. The zero-order valence-electron chi connectivity index (χ0n) is 12.0. The number of carbonyl (C=O) groups excluding carboxylic acids is 1. The predicted octanol–water partition coefficient (Wildman–Crippen LogP) is 5.05. The molecule has 0 aromatic heterocycles. The number of rotatable bonds is 4. The van der Waals surface area contributed by atoms with Gasteiger partial charge < -0.3 is 5.32 Å². The van der Waals surface area contributed by atoms with Gasteiger partial charge in [-0.3, -0.25) is 4.79 Å². The fourth-order valence-electron chi connectivity index (χ4n) is 2.11. The molecule has 21 heavy (non-hydrogen) atoms. The lowest BCUT2D eigenvalue weighted by Crippen LogP contribution is -2.27. The van der Waals surface area contributed by atoms with Crippen LogP contribution >= 0.6 is 23.2 Å². The first-order valence-corrected chi connectivity index (χ1v) is 7.62. The molecule has 0 aliphatic carbocycles. The highest BCUT2D eigenvalue weighted by atomic mass is 35.5. The molecule has 0 radical (unpaired) electrons. The van der Waals surface area contributed by atoms with Crippen molar-refractivity contribution in [1.82, 2.24) is 5.32 Å². The van der Waals surface area contributed by atoms with Gasteiger partial charge in [-0.15, -0.1) is 0 Å². The Balaban J connectivity index is 2.15. The number of aryl methyl sites for hydroxylation is 1. The van der Waals surface area contributed by atoms with Crippen molar-refractivity contribution in [3.05, 3.63) is 69.2 Å². The van der Waals surface area contributed by atoms with Gasteiger partial charge in [0, 0.05) is 0 Å². The quantitative estimate of drug-likeness (QED) is 0.839. The van der Waals surface area contributed by atoms with E-state index in [0.29, 0.717) is 15.6 Å². The van der Waals surface area contributed by atoms with Gasteiger partial charge in [0.1, 0.15) is 0 Å². The zero-order chi connectivity index (χ0) is 15.4. The maximum absolute atomic E-state index is 12.3. The fourth-order valence-corrected chi connectivity index (χ4v) is 2.68. The molecule has 0 heterocycles. The van der Waals surface area contributed by atoms with Crippen LogP contribution < -0.4 is 5.32 Å². The molecule has 0 saturated heterocycles. The van der Waals surface area contributed by atoms with Crippen LogP contribution in [0.4, 0.5) is 0 Å². The number of hydrogen-bond acceptors (Lipinski definition) is 1. The lowest BCUT2D eigenvalue weighted by atomic mass is 10.0. The van der Waals surface area contributed by atoms with Gasteiger partial charge in [-0.25, -0.2) is 0 Å². The molecule has 110 valence electrons. The molecule has 0 aliphatic heterocycles. The highest BCUT2D eigenvalue weighted by Crippen LogP contribution is 2.25. The second kappa shape index (κ2) is 6.97. The summed E-state index contributed by atoms with van der Waals surface area (Å²) in [5.74, 6) is -0.266. The maximum atomic E-state index is 12.3. The number of carbonyl (C=O) groups is 1. The van der Waals surface area contributed by atoms with E-state index in [1.165, 1.54) is 5.56 Å². The summed E-state index contributed by atoms with van der Waals surface area (Å²) in [7, 11) is 0. The van der Waals surface area contributed by atoms with Gasteiger partial charge in [0.25, 0.3) is 5.91 Å². The summed E-state index contributed by atoms with van der Waals surface area (Å²) in [5, 5.41) is 3.63. The molecule has 0 spiro atoms. The van der Waals surface area contributed by atoms with E-state index in [2.05, 4.69) is 24.4 Å². The van der Waals surface area contributed by atoms with Crippen molar-refractivity contribution < 1.29 is 4.79 Å². The van der Waals surface area contributed by atoms with Crippen molar-refractivity contribution in [2.24, 2.45) is 0 Å². The largest absolute Gasteiger partial charge is 0.345 e. The number of nitrogens with one attached hydrogen (secondary N) is 1. The first kappa shape index (κ1) is 15.9. The Labute approximate surface area is 135 Å². The van der Waals surface area contributed by atoms with Crippen LogP contribution in [0, 0.1) is 0 Å². The van der Waals surface area contributed by atoms with E-state index in [4.69, 9.17) is 23.2 Å². The third-order valence-electron chi connectivity index (χ3n) is 3.43. The van der Waals surface area contributed by atoms with E-state index in [9.17, 15) is 4.79 Å². The molecule has 0 aliphatic rings. The van der Waals surface area contributed by atoms with Crippen LogP contribution in [0.3, 0.4) is 0 Å². The van der Waals surface area contributed by atoms with Crippen LogP contribution in [0.5, 0.6) is 0 Å². The lowest BCUT2D eigenvalue weighted by Gasteiger charge is -2.16. The van der Waals surface area contributed by atoms with Crippen molar-refractivity contribution in [3.8, 4) is 0 Å². The molecule has 2 aromatic rings. The highest BCUT2D eigenvalue weighted by molar-refractivity contribution is 6.39. The summed E-state index contributed by atoms with van der Waals surface area (Å²) in [4.78, 5) is 12.3. The summed E-state index contributed by atoms with van der Waals surface area (Å²) in [6, 6.07) is 13.1. The predicted molar refractivity (Wildman–Crippen MR) is 88.2 cm³/mol. The van der Waals surface area contributed by atoms with Crippen molar-refractivity contribution >= 4 is 29.1 Å². The topological polar surface area (TPSA) is 29.1 Å². The Morgan fingerprint density at radius 2 is 1.67 bits per heavy atom. The van der Waals surface area contributed by atoms with Crippen LogP contribution in [0.25, 0.3) is 0 Å². The van der Waals surface area contributed by atoms with E-state index >= 15 is 0 Å². The lowest BCUT2D eigenvalue weighted by molar-refractivity contribution is 0.0940. The zero-order valence-corrected chi connectivity index (χ0v) is 13.5. The normalized spacial score (nSPS) is 12.0. The van der Waals surface area contributed by atoms with Crippen molar-refractivity contribution in [2.75, 3.05) is 0 Å². The van der Waals surface area contributed by atoms with Crippen LogP contribution in [0.15, 0.2) is 42.5 Å². The van der Waals surface area contributed by atoms with Crippen LogP contribution in [-0.4, -0.2) is 5.91 Å². The third kappa shape index (κ3) is 3.78. The molecule has 2 nitrogen and oxygen atoms in total. The summed E-state index contributed by atoms with van der Waals surface area (Å²) >= 11 is 12.1. The third-order valence-corrected chi connectivity index (χ3v) is 4.06. The molecule has 4 heteroatoms. The number of hydrogen-bond donors (Lipinski definition) is 1. The van der Waals surface area contributed by atoms with Crippen molar-refractivity contribution in [1.29, 1.82) is 0 Å². The SMILES string of the molecule is CCc1ccc(C(C)NC(=O)c2c(Cl)cccc2Cl)cc1. The van der Waals surface area contributed by atoms with Crippen LogP contribution in [0.2, 0.25) is 10.0 Å². The molecule has 1 unspecified atom stereocenters. The highest BCUT2D eigenvalue weighted by Gasteiger charge is 2.17. The fraction of sp³-hybridized carbons (Fsp3) is 0.235. The van der Waals surface area contributed by atoms with E-state index in [0.717, 1.165) is 12.0 Å². The number of amides is 1. The minimum absolute atomic E-state index is 0.115. The molecule has 1 N–H and O–H groups in total. The maximum Gasteiger partial charge on any atom is 0.254 e. The van der Waals surface area contributed by atoms with E-state index in [1.54, 1.807) is 18.2 Å². The Kier molecular flexibility index (Phi) is 5.27. The Morgan fingerprint density at radius 3 is 2.19 bits per heavy atom. The van der Waals surface area contributed by atoms with Gasteiger partial charge >= 0.3 is 0 Å². The van der Waals surface area contributed by atoms with Crippen LogP contribution in [0.1, 0.15) is 41.4 Å². The van der Waals surface area contributed by atoms with E-state index in [1.807, 2.05) is 19.1 Å².